The third kappa shape index (κ3) is 7.03. The fraction of sp³-hybridized carbons (Fsp3) is 0.217. The molecule has 0 saturated carbocycles. The molecule has 1 atom stereocenters. The van der Waals surface area contributed by atoms with Crippen LogP contribution in [-0.2, 0) is 22.6 Å². The summed E-state index contributed by atoms with van der Waals surface area (Å²) in [6.45, 7) is 0.0200. The average molecular weight is 496 g/mol. The van der Waals surface area contributed by atoms with E-state index in [9.17, 15) is 19.7 Å². The van der Waals surface area contributed by atoms with Crippen molar-refractivity contribution in [3.05, 3.63) is 81.9 Å². The Bertz CT molecular complexity index is 1220. The molecule has 0 fully saturated rings. The Morgan fingerprint density at radius 2 is 1.92 bits per heavy atom. The lowest BCUT2D eigenvalue weighted by molar-refractivity contribution is -0.385. The lowest BCUT2D eigenvalue weighted by Gasteiger charge is -2.16. The summed E-state index contributed by atoms with van der Waals surface area (Å²) in [6.07, 6.45) is 3.30. The van der Waals surface area contributed by atoms with Gasteiger partial charge in [0.05, 0.1) is 43.3 Å². The Balaban J connectivity index is 1.70. The van der Waals surface area contributed by atoms with E-state index in [1.807, 2.05) is 18.2 Å². The Morgan fingerprint density at radius 3 is 2.56 bits per heavy atom. The lowest BCUT2D eigenvalue weighted by atomic mass is 10.1. The first-order chi connectivity index (χ1) is 17.4. The number of methoxy groups -OCH3 is 2. The fourth-order valence-electron chi connectivity index (χ4n) is 3.12. The number of hydrogen-bond acceptors (Lipinski definition) is 9. The Hall–Kier alpha value is -4.94. The molecule has 2 aromatic carbocycles. The summed E-state index contributed by atoms with van der Waals surface area (Å²) in [5.74, 6) is -0.264. The van der Waals surface area contributed by atoms with Gasteiger partial charge < -0.3 is 24.5 Å². The second kappa shape index (κ2) is 12.5. The predicted molar refractivity (Wildman–Crippen MR) is 128 cm³/mol. The first-order valence-electron chi connectivity index (χ1n) is 10.6. The molecule has 2 amide bonds. The van der Waals surface area contributed by atoms with Crippen LogP contribution in [0.5, 0.6) is 11.5 Å². The van der Waals surface area contributed by atoms with Crippen molar-refractivity contribution in [2.75, 3.05) is 14.2 Å². The van der Waals surface area contributed by atoms with Crippen molar-refractivity contribution in [1.29, 1.82) is 0 Å². The van der Waals surface area contributed by atoms with Gasteiger partial charge >= 0.3 is 6.09 Å². The number of imidazole rings is 1. The van der Waals surface area contributed by atoms with Gasteiger partial charge in [-0.15, -0.1) is 0 Å². The first-order valence-corrected chi connectivity index (χ1v) is 10.6. The number of carbonyl (C=O) groups excluding carboxylic acids is 2. The molecular weight excluding hydrogens is 472 g/mol. The summed E-state index contributed by atoms with van der Waals surface area (Å²) in [6, 6.07) is 10.5. The van der Waals surface area contributed by atoms with Crippen molar-refractivity contribution in [3.63, 3.8) is 0 Å². The number of amides is 2. The SMILES string of the molecule is COc1cc(/C=N\NC(=O)[C@H](Cc2cnc[nH]2)NC(=O)OCc2ccccc2)c([N+](=O)[O-])cc1OC. The number of aromatic amines is 1. The maximum Gasteiger partial charge on any atom is 0.408 e. The Kier molecular flexibility index (Phi) is 8.92. The summed E-state index contributed by atoms with van der Waals surface area (Å²) in [7, 11) is 2.74. The second-order valence-electron chi connectivity index (χ2n) is 7.30. The van der Waals surface area contributed by atoms with E-state index in [4.69, 9.17) is 14.2 Å². The monoisotopic (exact) mass is 496 g/mol. The minimum atomic E-state index is -1.08. The average Bonchev–Trinajstić information content (AvgIpc) is 3.40. The van der Waals surface area contributed by atoms with Gasteiger partial charge in [0.1, 0.15) is 12.6 Å². The van der Waals surface area contributed by atoms with Gasteiger partial charge in [-0.05, 0) is 11.6 Å². The normalized spacial score (nSPS) is 11.5. The van der Waals surface area contributed by atoms with Crippen molar-refractivity contribution >= 4 is 23.9 Å². The number of ether oxygens (including phenoxy) is 3. The van der Waals surface area contributed by atoms with Crippen LogP contribution in [0.4, 0.5) is 10.5 Å². The number of nitro groups is 1. The molecule has 0 aliphatic carbocycles. The van der Waals surface area contributed by atoms with E-state index in [0.29, 0.717) is 5.69 Å². The number of aromatic nitrogens is 2. The molecule has 0 spiro atoms. The summed E-state index contributed by atoms with van der Waals surface area (Å²) in [4.78, 5) is 42.7. The van der Waals surface area contributed by atoms with Crippen molar-refractivity contribution in [2.45, 2.75) is 19.1 Å². The summed E-state index contributed by atoms with van der Waals surface area (Å²) < 4.78 is 15.5. The number of hydrogen-bond donors (Lipinski definition) is 3. The van der Waals surface area contributed by atoms with Crippen LogP contribution in [-0.4, -0.2) is 53.4 Å². The summed E-state index contributed by atoms with van der Waals surface area (Å²) in [5, 5.41) is 17.8. The number of H-pyrrole nitrogens is 1. The second-order valence-corrected chi connectivity index (χ2v) is 7.30. The van der Waals surface area contributed by atoms with E-state index >= 15 is 0 Å². The molecule has 1 aromatic heterocycles. The molecule has 0 radical (unpaired) electrons. The first kappa shape index (κ1) is 25.7. The van der Waals surface area contributed by atoms with Gasteiger partial charge in [-0.25, -0.2) is 15.2 Å². The van der Waals surface area contributed by atoms with Crippen LogP contribution in [0.3, 0.4) is 0 Å². The zero-order valence-electron chi connectivity index (χ0n) is 19.5. The predicted octanol–water partition coefficient (Wildman–Crippen LogP) is 2.32. The van der Waals surface area contributed by atoms with Gasteiger partial charge in [0.2, 0.25) is 0 Å². The van der Waals surface area contributed by atoms with Crippen molar-refractivity contribution in [1.82, 2.24) is 20.7 Å². The van der Waals surface area contributed by atoms with Crippen LogP contribution in [0.25, 0.3) is 0 Å². The van der Waals surface area contributed by atoms with E-state index in [-0.39, 0.29) is 35.8 Å². The fourth-order valence-corrected chi connectivity index (χ4v) is 3.12. The van der Waals surface area contributed by atoms with Crippen molar-refractivity contribution < 1.29 is 28.7 Å². The molecule has 0 unspecified atom stereocenters. The third-order valence-electron chi connectivity index (χ3n) is 4.91. The lowest BCUT2D eigenvalue weighted by Crippen LogP contribution is -2.47. The molecule has 13 heteroatoms. The highest BCUT2D eigenvalue weighted by atomic mass is 16.6. The number of benzene rings is 2. The largest absolute Gasteiger partial charge is 0.493 e. The minimum absolute atomic E-state index is 0.0200. The Morgan fingerprint density at radius 1 is 1.19 bits per heavy atom. The van der Waals surface area contributed by atoms with Crippen LogP contribution in [0.1, 0.15) is 16.8 Å². The van der Waals surface area contributed by atoms with Gasteiger partial charge in [-0.1, -0.05) is 30.3 Å². The highest BCUT2D eigenvalue weighted by molar-refractivity contribution is 5.90. The molecule has 3 aromatic rings. The third-order valence-corrected chi connectivity index (χ3v) is 4.91. The van der Waals surface area contributed by atoms with E-state index in [1.165, 1.54) is 38.9 Å². The minimum Gasteiger partial charge on any atom is -0.493 e. The van der Waals surface area contributed by atoms with Crippen LogP contribution < -0.4 is 20.2 Å². The smallest absolute Gasteiger partial charge is 0.408 e. The zero-order chi connectivity index (χ0) is 25.9. The van der Waals surface area contributed by atoms with Gasteiger partial charge in [0.15, 0.2) is 11.5 Å². The molecule has 0 saturated heterocycles. The van der Waals surface area contributed by atoms with Crippen LogP contribution in [0.2, 0.25) is 0 Å². The number of nitro benzene ring substituents is 1. The zero-order valence-corrected chi connectivity index (χ0v) is 19.5. The highest BCUT2D eigenvalue weighted by Crippen LogP contribution is 2.33. The number of nitrogens with zero attached hydrogens (tertiary/aromatic N) is 3. The Labute approximate surface area is 205 Å². The molecular formula is C23H24N6O7. The molecule has 0 bridgehead atoms. The van der Waals surface area contributed by atoms with Crippen LogP contribution >= 0.6 is 0 Å². The van der Waals surface area contributed by atoms with Crippen LogP contribution in [0, 0.1) is 10.1 Å². The van der Waals surface area contributed by atoms with E-state index in [0.717, 1.165) is 11.8 Å². The molecule has 36 heavy (non-hydrogen) atoms. The standard InChI is InChI=1S/C23H24N6O7/c1-34-20-8-16(19(29(32)33)10-21(20)35-2)11-26-28-22(30)18(9-17-12-24-14-25-17)27-23(31)36-13-15-6-4-3-5-7-15/h3-8,10-12,14,18H,9,13H2,1-2H3,(H,24,25)(H,27,31)(H,28,30)/b26-11-/t18-/m0/s1. The van der Waals surface area contributed by atoms with Gasteiger partial charge in [0, 0.05) is 18.3 Å². The van der Waals surface area contributed by atoms with Crippen LogP contribution in [0.15, 0.2) is 60.1 Å². The molecule has 0 aliphatic heterocycles. The van der Waals surface area contributed by atoms with Crippen molar-refractivity contribution in [2.24, 2.45) is 5.10 Å². The van der Waals surface area contributed by atoms with Crippen molar-refractivity contribution in [3.8, 4) is 11.5 Å². The van der Waals surface area contributed by atoms with Gasteiger partial charge in [-0.3, -0.25) is 14.9 Å². The number of carbonyl (C=O) groups is 2. The van der Waals surface area contributed by atoms with Gasteiger partial charge in [0.25, 0.3) is 11.6 Å². The van der Waals surface area contributed by atoms with Gasteiger partial charge in [-0.2, -0.15) is 5.10 Å². The quantitative estimate of drug-likeness (QED) is 0.206. The molecule has 3 rings (SSSR count). The molecule has 0 aliphatic rings. The maximum atomic E-state index is 12.8. The molecule has 13 nitrogen and oxygen atoms in total. The number of hydrazone groups is 1. The van der Waals surface area contributed by atoms with E-state index in [2.05, 4.69) is 25.8 Å². The number of rotatable bonds is 11. The topological polar surface area (TPSA) is 170 Å². The maximum absolute atomic E-state index is 12.8. The number of nitrogens with one attached hydrogen (secondary N) is 3. The molecule has 1 heterocycles. The summed E-state index contributed by atoms with van der Waals surface area (Å²) >= 11 is 0. The van der Waals surface area contributed by atoms with E-state index < -0.39 is 23.0 Å². The highest BCUT2D eigenvalue weighted by Gasteiger charge is 2.23. The van der Waals surface area contributed by atoms with E-state index in [1.54, 1.807) is 12.1 Å². The molecule has 3 N–H and O–H groups in total. The molecule has 188 valence electrons. The number of alkyl carbamates (subject to hydrolysis) is 1. The summed E-state index contributed by atoms with van der Waals surface area (Å²) in [5.41, 5.74) is 3.41.